The van der Waals surface area contributed by atoms with E-state index in [4.69, 9.17) is 27.9 Å². The highest BCUT2D eigenvalue weighted by molar-refractivity contribution is 7.92. The number of hydrogen-bond donors (Lipinski definition) is 2. The largest absolute Gasteiger partial charge is 0.611 e. The average Bonchev–Trinajstić information content (AvgIpc) is 3.11. The lowest BCUT2D eigenvalue weighted by Crippen LogP contribution is -2.32. The fourth-order valence-electron chi connectivity index (χ4n) is 3.55. The Morgan fingerprint density at radius 3 is 2.41 bits per heavy atom. The van der Waals surface area contributed by atoms with Gasteiger partial charge in [-0.25, -0.2) is 4.79 Å². The van der Waals surface area contributed by atoms with E-state index in [2.05, 4.69) is 5.32 Å². The molecule has 0 aliphatic heterocycles. The van der Waals surface area contributed by atoms with Gasteiger partial charge >= 0.3 is 5.97 Å². The molecule has 3 aromatic rings. The number of esters is 1. The first-order chi connectivity index (χ1) is 16.0. The lowest BCUT2D eigenvalue weighted by atomic mass is 10.1. The summed E-state index contributed by atoms with van der Waals surface area (Å²) in [6, 6.07) is 9.34. The van der Waals surface area contributed by atoms with Gasteiger partial charge < -0.3 is 24.3 Å². The minimum Gasteiger partial charge on any atom is -0.611 e. The Morgan fingerprint density at radius 1 is 1.18 bits per heavy atom. The normalized spacial score (nSPS) is 13.2. The summed E-state index contributed by atoms with van der Waals surface area (Å²) in [6.07, 6.45) is -0.278. The van der Waals surface area contributed by atoms with Gasteiger partial charge in [-0.15, -0.1) is 0 Å². The molecule has 2 aromatic carbocycles. The highest BCUT2D eigenvalue weighted by atomic mass is 35.5. The average molecular weight is 525 g/mol. The summed E-state index contributed by atoms with van der Waals surface area (Å²) in [5.41, 5.74) is 2.55. The van der Waals surface area contributed by atoms with E-state index >= 15 is 0 Å². The van der Waals surface area contributed by atoms with Crippen molar-refractivity contribution < 1.29 is 24.0 Å². The molecule has 1 heterocycles. The maximum Gasteiger partial charge on any atom is 0.357 e. The van der Waals surface area contributed by atoms with Gasteiger partial charge in [-0.1, -0.05) is 35.3 Å². The van der Waals surface area contributed by atoms with Crippen LogP contribution in [-0.4, -0.2) is 44.6 Å². The van der Waals surface area contributed by atoms with E-state index in [1.807, 2.05) is 13.0 Å². The van der Waals surface area contributed by atoms with Crippen molar-refractivity contribution in [3.05, 3.63) is 63.3 Å². The van der Waals surface area contributed by atoms with E-state index < -0.39 is 29.1 Å². The molecule has 1 aromatic heterocycles. The van der Waals surface area contributed by atoms with Crippen molar-refractivity contribution in [2.75, 3.05) is 12.4 Å². The van der Waals surface area contributed by atoms with E-state index in [9.17, 15) is 19.2 Å². The van der Waals surface area contributed by atoms with Gasteiger partial charge in [0.05, 0.1) is 34.3 Å². The molecule has 1 amide bonds. The van der Waals surface area contributed by atoms with Crippen LogP contribution in [0.15, 0.2) is 41.3 Å². The molecule has 0 saturated carbocycles. The number of aliphatic hydroxyl groups excluding tert-OH is 1. The lowest BCUT2D eigenvalue weighted by molar-refractivity contribution is -0.144. The Morgan fingerprint density at radius 2 is 1.82 bits per heavy atom. The van der Waals surface area contributed by atoms with E-state index in [0.29, 0.717) is 31.6 Å². The van der Waals surface area contributed by atoms with E-state index in [-0.39, 0.29) is 18.5 Å². The van der Waals surface area contributed by atoms with Crippen LogP contribution in [0.3, 0.4) is 0 Å². The van der Waals surface area contributed by atoms with Gasteiger partial charge in [0.2, 0.25) is 5.75 Å². The number of benzene rings is 2. The molecule has 2 N–H and O–H groups in total. The highest BCUT2D eigenvalue weighted by Gasteiger charge is 2.22. The van der Waals surface area contributed by atoms with Crippen LogP contribution in [0.1, 0.15) is 41.5 Å². The van der Waals surface area contributed by atoms with Crippen molar-refractivity contribution in [3.63, 3.8) is 0 Å². The molecule has 0 bridgehead atoms. The van der Waals surface area contributed by atoms with Crippen LogP contribution in [0.2, 0.25) is 10.0 Å². The summed E-state index contributed by atoms with van der Waals surface area (Å²) < 4.78 is 19.2. The molecule has 10 heteroatoms. The summed E-state index contributed by atoms with van der Waals surface area (Å²) in [5.74, 6) is -1.18. The van der Waals surface area contributed by atoms with Crippen LogP contribution < -0.4 is 5.32 Å². The van der Waals surface area contributed by atoms with Crippen molar-refractivity contribution in [2.45, 2.75) is 37.8 Å². The number of fused-ring (bicyclic) bond motifs is 1. The minimum atomic E-state index is -1.56. The first-order valence-electron chi connectivity index (χ1n) is 10.6. The fourth-order valence-corrected chi connectivity index (χ4v) is 4.90. The number of amides is 1. The first kappa shape index (κ1) is 26.4. The van der Waals surface area contributed by atoms with Crippen LogP contribution in [-0.2, 0) is 27.8 Å². The fraction of sp³-hybridized carbons (Fsp3) is 0.333. The molecule has 2 atom stereocenters. The number of rotatable bonds is 8. The first-order valence-corrected chi connectivity index (χ1v) is 12.6. The molecular weight excluding hydrogens is 499 g/mol. The highest BCUT2D eigenvalue weighted by Crippen LogP contribution is 2.35. The Hall–Kier alpha value is -2.23. The molecule has 0 radical (unpaired) electrons. The summed E-state index contributed by atoms with van der Waals surface area (Å²) >= 11 is 11.1. The Kier molecular flexibility index (Phi) is 8.54. The number of hydrogen-bond acceptors (Lipinski definition) is 5. The van der Waals surface area contributed by atoms with Gasteiger partial charge in [-0.3, -0.25) is 4.79 Å². The van der Waals surface area contributed by atoms with E-state index in [0.717, 1.165) is 11.1 Å². The van der Waals surface area contributed by atoms with Gasteiger partial charge in [0.25, 0.3) is 5.91 Å². The Bertz CT molecular complexity index is 1210. The van der Waals surface area contributed by atoms with Crippen LogP contribution in [0.4, 0.5) is 0 Å². The molecule has 3 rings (SSSR count). The predicted octanol–water partition coefficient (Wildman–Crippen LogP) is 4.32. The number of ether oxygens (including phenoxy) is 1. The van der Waals surface area contributed by atoms with Crippen molar-refractivity contribution in [1.82, 2.24) is 9.88 Å². The third kappa shape index (κ3) is 5.70. The molecule has 1 unspecified atom stereocenters. The number of aliphatic hydroxyl groups is 1. The van der Waals surface area contributed by atoms with Crippen molar-refractivity contribution in [2.24, 2.45) is 7.05 Å². The lowest BCUT2D eigenvalue weighted by Gasteiger charge is -2.18. The third-order valence-corrected chi connectivity index (χ3v) is 7.56. The zero-order chi connectivity index (χ0) is 25.2. The quantitative estimate of drug-likeness (QED) is 0.337. The van der Waals surface area contributed by atoms with Gasteiger partial charge in [-0.2, -0.15) is 0 Å². The van der Waals surface area contributed by atoms with Gasteiger partial charge in [0.1, 0.15) is 5.69 Å². The number of carbonyl (C=O) groups is 2. The number of carbonyl (C=O) groups excluding carboxylic acids is 2. The van der Waals surface area contributed by atoms with Gasteiger partial charge in [0.15, 0.2) is 4.90 Å². The summed E-state index contributed by atoms with van der Waals surface area (Å²) in [5, 5.41) is 14.2. The van der Waals surface area contributed by atoms with Crippen LogP contribution in [0, 0.1) is 6.92 Å². The molecule has 0 fully saturated rings. The number of nitrogens with one attached hydrogen (secondary N) is 1. The summed E-state index contributed by atoms with van der Waals surface area (Å²) in [6.45, 7) is 4.94. The smallest absolute Gasteiger partial charge is 0.357 e. The molecule has 34 heavy (non-hydrogen) atoms. The maximum absolute atomic E-state index is 13.0. The zero-order valence-corrected chi connectivity index (χ0v) is 21.6. The van der Waals surface area contributed by atoms with Crippen LogP contribution in [0.5, 0.6) is 0 Å². The number of aromatic nitrogens is 1. The predicted molar refractivity (Wildman–Crippen MR) is 134 cm³/mol. The van der Waals surface area contributed by atoms with Crippen LogP contribution in [0.25, 0.3) is 10.9 Å². The number of aryl methyl sites for hydroxylation is 2. The van der Waals surface area contributed by atoms with Crippen LogP contribution >= 0.6 is 23.2 Å². The second-order valence-electron chi connectivity index (χ2n) is 8.15. The second kappa shape index (κ2) is 11.0. The summed E-state index contributed by atoms with van der Waals surface area (Å²) in [4.78, 5) is 25.2. The maximum atomic E-state index is 13.0. The summed E-state index contributed by atoms with van der Waals surface area (Å²) in [7, 11) is 1.75. The Labute approximate surface area is 211 Å². The molecule has 0 saturated heterocycles. The second-order valence-corrected chi connectivity index (χ2v) is 10.4. The SMILES string of the molecule is Cc1cc2c(cc(C(=O)NC(CO)c3ccc([S@+]([O-])CC(=O)OC(C)C)cc3)n2C)c(Cl)c1Cl. The molecule has 182 valence electrons. The standard InChI is InChI=1S/C24H26Cl2N2O5S/c1-13(2)33-21(30)12-34(32)16-7-5-15(6-8-16)18(11-29)27-24(31)20-10-17-19(28(20)4)9-14(3)22(25)23(17)26/h5-10,13,18,29H,11-12H2,1-4H3,(H,27,31)/t18?,34-/m1/s1. The molecule has 0 aliphatic rings. The van der Waals surface area contributed by atoms with Crippen molar-refractivity contribution in [3.8, 4) is 0 Å². The number of nitrogens with zero attached hydrogens (tertiary/aromatic N) is 1. The van der Waals surface area contributed by atoms with E-state index in [1.165, 1.54) is 0 Å². The molecule has 7 nitrogen and oxygen atoms in total. The van der Waals surface area contributed by atoms with Crippen molar-refractivity contribution in [1.29, 1.82) is 0 Å². The monoisotopic (exact) mass is 524 g/mol. The number of halogens is 2. The Balaban J connectivity index is 1.76. The molecule has 0 aliphatic carbocycles. The topological polar surface area (TPSA) is 104 Å². The minimum absolute atomic E-state index is 0.245. The third-order valence-electron chi connectivity index (χ3n) is 5.29. The zero-order valence-electron chi connectivity index (χ0n) is 19.2. The van der Waals surface area contributed by atoms with Gasteiger partial charge in [0, 0.05) is 12.4 Å². The van der Waals surface area contributed by atoms with Crippen molar-refractivity contribution >= 4 is 57.2 Å². The molecular formula is C24H26Cl2N2O5S. The van der Waals surface area contributed by atoms with Gasteiger partial charge in [-0.05, 0) is 67.3 Å². The van der Waals surface area contributed by atoms with E-state index in [1.54, 1.807) is 55.8 Å². The molecule has 0 spiro atoms.